The Labute approximate surface area is 164 Å². The number of sulfone groups is 1. The van der Waals surface area contributed by atoms with Crippen molar-refractivity contribution in [3.63, 3.8) is 0 Å². The highest BCUT2D eigenvalue weighted by atomic mass is 127. The molecule has 2 heterocycles. The SMILES string of the molecule is CCC(C)NC(=NCC1CCS(=O)(=O)C1)N1CCC(C2CC2)C1.I. The van der Waals surface area contributed by atoms with Crippen LogP contribution in [-0.2, 0) is 9.84 Å². The van der Waals surface area contributed by atoms with Crippen LogP contribution in [0.15, 0.2) is 4.99 Å². The van der Waals surface area contributed by atoms with Gasteiger partial charge in [0.15, 0.2) is 15.8 Å². The molecule has 3 rings (SSSR count). The molecule has 1 saturated carbocycles. The average Bonchev–Trinajstić information content (AvgIpc) is 3.14. The van der Waals surface area contributed by atoms with Crippen LogP contribution in [0.25, 0.3) is 0 Å². The first-order chi connectivity index (χ1) is 11.0. The Kier molecular flexibility index (Phi) is 7.22. The van der Waals surface area contributed by atoms with Gasteiger partial charge in [-0.05, 0) is 56.8 Å². The molecular formula is C17H32IN3O2S. The number of likely N-dealkylation sites (tertiary alicyclic amines) is 1. The summed E-state index contributed by atoms with van der Waals surface area (Å²) in [5.41, 5.74) is 0. The Morgan fingerprint density at radius 3 is 2.58 bits per heavy atom. The first-order valence-electron chi connectivity index (χ1n) is 9.23. The van der Waals surface area contributed by atoms with Crippen LogP contribution < -0.4 is 5.32 Å². The van der Waals surface area contributed by atoms with E-state index >= 15 is 0 Å². The van der Waals surface area contributed by atoms with Crippen molar-refractivity contribution in [2.45, 2.75) is 52.0 Å². The standard InChI is InChI=1S/C17H31N3O2S.HI/c1-3-13(2)19-17(18-10-14-7-9-23(21,22)12-14)20-8-6-16(11-20)15-4-5-15;/h13-16H,3-12H2,1-2H3,(H,18,19);1H. The van der Waals surface area contributed by atoms with Crippen molar-refractivity contribution in [3.8, 4) is 0 Å². The summed E-state index contributed by atoms with van der Waals surface area (Å²) in [5.74, 6) is 3.66. The third kappa shape index (κ3) is 5.47. The Morgan fingerprint density at radius 1 is 1.25 bits per heavy atom. The van der Waals surface area contributed by atoms with Gasteiger partial charge in [0.2, 0.25) is 0 Å². The molecule has 3 unspecified atom stereocenters. The molecule has 3 atom stereocenters. The van der Waals surface area contributed by atoms with E-state index in [0.717, 1.165) is 43.7 Å². The summed E-state index contributed by atoms with van der Waals surface area (Å²) in [5, 5.41) is 3.56. The normalized spacial score (nSPS) is 30.9. The van der Waals surface area contributed by atoms with E-state index in [1.807, 2.05) is 0 Å². The highest BCUT2D eigenvalue weighted by Crippen LogP contribution is 2.41. The van der Waals surface area contributed by atoms with Crippen LogP contribution in [0.3, 0.4) is 0 Å². The predicted octanol–water partition coefficient (Wildman–Crippen LogP) is 2.52. The molecule has 0 amide bonds. The number of guanidine groups is 1. The molecule has 0 aromatic carbocycles. The van der Waals surface area contributed by atoms with Gasteiger partial charge in [0, 0.05) is 25.7 Å². The number of hydrogen-bond acceptors (Lipinski definition) is 3. The minimum Gasteiger partial charge on any atom is -0.354 e. The maximum atomic E-state index is 11.6. The van der Waals surface area contributed by atoms with E-state index in [4.69, 9.17) is 4.99 Å². The zero-order valence-corrected chi connectivity index (χ0v) is 18.1. The first-order valence-corrected chi connectivity index (χ1v) is 11.1. The van der Waals surface area contributed by atoms with Crippen molar-refractivity contribution < 1.29 is 8.42 Å². The predicted molar refractivity (Wildman–Crippen MR) is 110 cm³/mol. The Morgan fingerprint density at radius 2 is 2.00 bits per heavy atom. The summed E-state index contributed by atoms with van der Waals surface area (Å²) in [6, 6.07) is 0.404. The third-order valence-electron chi connectivity index (χ3n) is 5.63. The average molecular weight is 469 g/mol. The van der Waals surface area contributed by atoms with E-state index < -0.39 is 9.84 Å². The number of rotatable bonds is 5. The fourth-order valence-electron chi connectivity index (χ4n) is 3.72. The monoisotopic (exact) mass is 469 g/mol. The number of halogens is 1. The quantitative estimate of drug-likeness (QED) is 0.382. The van der Waals surface area contributed by atoms with Gasteiger partial charge in [-0.25, -0.2) is 8.42 Å². The molecule has 1 N–H and O–H groups in total. The van der Waals surface area contributed by atoms with Gasteiger partial charge >= 0.3 is 0 Å². The third-order valence-corrected chi connectivity index (χ3v) is 7.46. The van der Waals surface area contributed by atoms with Crippen LogP contribution in [-0.4, -0.2) is 56.5 Å². The van der Waals surface area contributed by atoms with Crippen molar-refractivity contribution in [1.29, 1.82) is 0 Å². The number of aliphatic imine (C=N–C) groups is 1. The lowest BCUT2D eigenvalue weighted by Gasteiger charge is -2.25. The van der Waals surface area contributed by atoms with Gasteiger partial charge in [0.1, 0.15) is 0 Å². The van der Waals surface area contributed by atoms with E-state index in [0.29, 0.717) is 24.1 Å². The number of nitrogens with zero attached hydrogens (tertiary/aromatic N) is 2. The van der Waals surface area contributed by atoms with Gasteiger partial charge in [-0.15, -0.1) is 24.0 Å². The molecular weight excluding hydrogens is 437 g/mol. The van der Waals surface area contributed by atoms with Gasteiger partial charge in [-0.3, -0.25) is 4.99 Å². The van der Waals surface area contributed by atoms with E-state index in [-0.39, 0.29) is 29.9 Å². The molecule has 0 aromatic rings. The highest BCUT2D eigenvalue weighted by molar-refractivity contribution is 14.0. The summed E-state index contributed by atoms with van der Waals surface area (Å²) < 4.78 is 23.2. The minimum atomic E-state index is -2.81. The number of hydrogen-bond donors (Lipinski definition) is 1. The zero-order valence-electron chi connectivity index (χ0n) is 14.9. The van der Waals surface area contributed by atoms with Crippen molar-refractivity contribution in [2.24, 2.45) is 22.7 Å². The van der Waals surface area contributed by atoms with Crippen LogP contribution in [0.2, 0.25) is 0 Å². The molecule has 140 valence electrons. The summed E-state index contributed by atoms with van der Waals surface area (Å²) >= 11 is 0. The molecule has 7 heteroatoms. The Hall–Kier alpha value is -0.0500. The summed E-state index contributed by atoms with van der Waals surface area (Å²) in [6.45, 7) is 7.21. The van der Waals surface area contributed by atoms with Gasteiger partial charge in [-0.1, -0.05) is 6.92 Å². The second-order valence-electron chi connectivity index (χ2n) is 7.72. The second-order valence-corrected chi connectivity index (χ2v) is 9.95. The Balaban J connectivity index is 0.00000208. The van der Waals surface area contributed by atoms with Crippen molar-refractivity contribution in [3.05, 3.63) is 0 Å². The number of nitrogens with one attached hydrogen (secondary N) is 1. The lowest BCUT2D eigenvalue weighted by atomic mass is 10.0. The van der Waals surface area contributed by atoms with Crippen molar-refractivity contribution >= 4 is 39.8 Å². The van der Waals surface area contributed by atoms with Crippen LogP contribution in [0, 0.1) is 17.8 Å². The molecule has 5 nitrogen and oxygen atoms in total. The van der Waals surface area contributed by atoms with E-state index in [2.05, 4.69) is 24.1 Å². The largest absolute Gasteiger partial charge is 0.354 e. The summed E-state index contributed by atoms with van der Waals surface area (Å²) in [4.78, 5) is 7.22. The van der Waals surface area contributed by atoms with Gasteiger partial charge in [0.05, 0.1) is 11.5 Å². The summed E-state index contributed by atoms with van der Waals surface area (Å²) in [6.07, 6.45) is 5.93. The van der Waals surface area contributed by atoms with Crippen LogP contribution >= 0.6 is 24.0 Å². The maximum Gasteiger partial charge on any atom is 0.194 e. The summed E-state index contributed by atoms with van der Waals surface area (Å²) in [7, 11) is -2.81. The molecule has 1 aliphatic carbocycles. The fourth-order valence-corrected chi connectivity index (χ4v) is 5.57. The molecule has 3 fully saturated rings. The maximum absolute atomic E-state index is 11.6. The van der Waals surface area contributed by atoms with Crippen molar-refractivity contribution in [1.82, 2.24) is 10.2 Å². The van der Waals surface area contributed by atoms with E-state index in [1.54, 1.807) is 0 Å². The molecule has 24 heavy (non-hydrogen) atoms. The smallest absolute Gasteiger partial charge is 0.194 e. The van der Waals surface area contributed by atoms with Crippen LogP contribution in [0.1, 0.15) is 46.0 Å². The second kappa shape index (κ2) is 8.56. The molecule has 0 spiro atoms. The van der Waals surface area contributed by atoms with Crippen molar-refractivity contribution in [2.75, 3.05) is 31.1 Å². The van der Waals surface area contributed by atoms with E-state index in [9.17, 15) is 8.42 Å². The lowest BCUT2D eigenvalue weighted by Crippen LogP contribution is -2.44. The molecule has 2 aliphatic heterocycles. The van der Waals surface area contributed by atoms with Crippen LogP contribution in [0.5, 0.6) is 0 Å². The molecule has 3 aliphatic rings. The van der Waals surface area contributed by atoms with Gasteiger partial charge in [-0.2, -0.15) is 0 Å². The van der Waals surface area contributed by atoms with Crippen LogP contribution in [0.4, 0.5) is 0 Å². The molecule has 0 bridgehead atoms. The molecule has 2 saturated heterocycles. The van der Waals surface area contributed by atoms with Gasteiger partial charge < -0.3 is 10.2 Å². The topological polar surface area (TPSA) is 61.8 Å². The highest BCUT2D eigenvalue weighted by Gasteiger charge is 2.37. The lowest BCUT2D eigenvalue weighted by molar-refractivity contribution is 0.425. The first kappa shape index (κ1) is 20.3. The zero-order chi connectivity index (χ0) is 16.4. The fraction of sp³-hybridized carbons (Fsp3) is 0.941. The van der Waals surface area contributed by atoms with Gasteiger partial charge in [0.25, 0.3) is 0 Å². The molecule has 0 radical (unpaired) electrons. The minimum absolute atomic E-state index is 0. The van der Waals surface area contributed by atoms with E-state index in [1.165, 1.54) is 19.3 Å². The molecule has 0 aromatic heterocycles. The Bertz CT molecular complexity index is 548.